The quantitative estimate of drug-likeness (QED) is 0.357. The number of allylic oxidation sites excluding steroid dienone is 2. The first-order valence-corrected chi connectivity index (χ1v) is 7.06. The number of alkyl halides is 3. The van der Waals surface area contributed by atoms with Crippen molar-refractivity contribution in [3.63, 3.8) is 0 Å². The van der Waals surface area contributed by atoms with Gasteiger partial charge < -0.3 is 4.18 Å². The summed E-state index contributed by atoms with van der Waals surface area (Å²) in [5, 5.41) is 0. The van der Waals surface area contributed by atoms with Crippen molar-refractivity contribution < 1.29 is 30.2 Å². The van der Waals surface area contributed by atoms with Gasteiger partial charge in [0.2, 0.25) is 0 Å². The maximum atomic E-state index is 13.2. The van der Waals surface area contributed by atoms with Gasteiger partial charge >= 0.3 is 15.6 Å². The van der Waals surface area contributed by atoms with Crippen LogP contribution in [0.3, 0.4) is 0 Å². The summed E-state index contributed by atoms with van der Waals surface area (Å²) in [7, 11) is -5.94. The number of hydrogen-bond acceptors (Lipinski definition) is 4. The zero-order valence-electron chi connectivity index (χ0n) is 11.3. The van der Waals surface area contributed by atoms with E-state index in [4.69, 9.17) is 0 Å². The van der Waals surface area contributed by atoms with Crippen molar-refractivity contribution >= 4 is 15.8 Å². The molecule has 0 bridgehead atoms. The van der Waals surface area contributed by atoms with Crippen LogP contribution in [0.4, 0.5) is 17.6 Å². The third kappa shape index (κ3) is 4.17. The predicted molar refractivity (Wildman–Crippen MR) is 73.6 cm³/mol. The van der Waals surface area contributed by atoms with Gasteiger partial charge in [-0.1, -0.05) is 13.2 Å². The second-order valence-electron chi connectivity index (χ2n) is 4.06. The summed E-state index contributed by atoms with van der Waals surface area (Å²) >= 11 is 0. The Labute approximate surface area is 124 Å². The van der Waals surface area contributed by atoms with Gasteiger partial charge in [0.25, 0.3) is 0 Å². The Morgan fingerprint density at radius 1 is 1.36 bits per heavy atom. The molecular weight excluding hydrogens is 326 g/mol. The SMILES string of the molecule is C=CC(=NC(=C)C)c1ccc(F)cc1OS(=O)(=O)C(F)(F)F. The number of halogens is 4. The number of hydrogen-bond donors (Lipinski definition) is 0. The Bertz CT molecular complexity index is 736. The summed E-state index contributed by atoms with van der Waals surface area (Å²) < 4.78 is 76.5. The van der Waals surface area contributed by atoms with Crippen molar-refractivity contribution in [1.29, 1.82) is 0 Å². The minimum absolute atomic E-state index is 0.0140. The van der Waals surface area contributed by atoms with E-state index >= 15 is 0 Å². The summed E-state index contributed by atoms with van der Waals surface area (Å²) in [6.07, 6.45) is 1.15. The van der Waals surface area contributed by atoms with Gasteiger partial charge in [-0.2, -0.15) is 21.6 Å². The highest BCUT2D eigenvalue weighted by Gasteiger charge is 2.48. The topological polar surface area (TPSA) is 55.7 Å². The first kappa shape index (κ1) is 17.9. The van der Waals surface area contributed by atoms with Gasteiger partial charge in [0.05, 0.1) is 5.71 Å². The lowest BCUT2D eigenvalue weighted by molar-refractivity contribution is -0.0500. The zero-order chi connectivity index (χ0) is 17.1. The molecule has 0 atom stereocenters. The van der Waals surface area contributed by atoms with E-state index in [0.717, 1.165) is 18.2 Å². The first-order chi connectivity index (χ1) is 9.98. The highest BCUT2D eigenvalue weighted by Crippen LogP contribution is 2.30. The van der Waals surface area contributed by atoms with Crippen LogP contribution < -0.4 is 4.18 Å². The molecule has 0 aliphatic heterocycles. The summed E-state index contributed by atoms with van der Waals surface area (Å²) in [6, 6.07) is 2.45. The molecule has 4 nitrogen and oxygen atoms in total. The third-order valence-corrected chi connectivity index (χ3v) is 3.17. The lowest BCUT2D eigenvalue weighted by Gasteiger charge is -2.13. The van der Waals surface area contributed by atoms with Crippen molar-refractivity contribution in [2.24, 2.45) is 4.99 Å². The Balaban J connectivity index is 3.46. The van der Waals surface area contributed by atoms with Crippen molar-refractivity contribution in [3.8, 4) is 5.75 Å². The lowest BCUT2D eigenvalue weighted by Crippen LogP contribution is -2.28. The number of rotatable bonds is 5. The Morgan fingerprint density at radius 3 is 2.41 bits per heavy atom. The average molecular weight is 337 g/mol. The van der Waals surface area contributed by atoms with E-state index in [1.807, 2.05) is 0 Å². The van der Waals surface area contributed by atoms with Crippen LogP contribution in [0.5, 0.6) is 5.75 Å². The van der Waals surface area contributed by atoms with Crippen molar-refractivity contribution in [3.05, 3.63) is 54.5 Å². The Morgan fingerprint density at radius 2 is 1.95 bits per heavy atom. The number of benzene rings is 1. The predicted octanol–water partition coefficient (Wildman–Crippen LogP) is 3.56. The van der Waals surface area contributed by atoms with Crippen LogP contribution in [0.15, 0.2) is 48.1 Å². The second kappa shape index (κ2) is 6.30. The number of aliphatic imine (C=N–C) groups is 1. The first-order valence-electron chi connectivity index (χ1n) is 5.65. The molecule has 9 heteroatoms. The molecule has 0 heterocycles. The molecule has 0 aromatic heterocycles. The molecule has 1 rings (SSSR count). The highest BCUT2D eigenvalue weighted by atomic mass is 32.2. The molecule has 0 unspecified atom stereocenters. The van der Waals surface area contributed by atoms with Gasteiger partial charge in [-0.25, -0.2) is 4.39 Å². The van der Waals surface area contributed by atoms with E-state index in [9.17, 15) is 26.0 Å². The maximum absolute atomic E-state index is 13.2. The monoisotopic (exact) mass is 337 g/mol. The van der Waals surface area contributed by atoms with Crippen molar-refractivity contribution in [1.82, 2.24) is 0 Å². The van der Waals surface area contributed by atoms with Gasteiger partial charge in [-0.3, -0.25) is 4.99 Å². The molecule has 0 saturated carbocycles. The third-order valence-electron chi connectivity index (χ3n) is 2.21. The van der Waals surface area contributed by atoms with Crippen LogP contribution in [0.25, 0.3) is 0 Å². The molecule has 0 amide bonds. The molecule has 0 aliphatic rings. The van der Waals surface area contributed by atoms with E-state index in [2.05, 4.69) is 22.3 Å². The molecule has 0 N–H and O–H groups in total. The van der Waals surface area contributed by atoms with Gasteiger partial charge in [0.15, 0.2) is 5.75 Å². The molecular formula is C13H11F4NO3S. The maximum Gasteiger partial charge on any atom is 0.534 e. The summed E-state index contributed by atoms with van der Waals surface area (Å²) in [4.78, 5) is 3.87. The van der Waals surface area contributed by atoms with Crippen LogP contribution in [-0.4, -0.2) is 19.6 Å². The highest BCUT2D eigenvalue weighted by molar-refractivity contribution is 7.88. The Hall–Kier alpha value is -2.16. The van der Waals surface area contributed by atoms with E-state index in [1.165, 1.54) is 6.92 Å². The largest absolute Gasteiger partial charge is 0.534 e. The van der Waals surface area contributed by atoms with Crippen LogP contribution in [0.2, 0.25) is 0 Å². The van der Waals surface area contributed by atoms with Gasteiger partial charge in [-0.15, -0.1) is 0 Å². The standard InChI is InChI=1S/C13H11F4NO3S/c1-4-11(18-8(2)3)10-6-5-9(14)7-12(10)21-22(19,20)13(15,16)17/h4-7H,1-2H2,3H3. The molecule has 0 radical (unpaired) electrons. The van der Waals surface area contributed by atoms with Crippen molar-refractivity contribution in [2.45, 2.75) is 12.4 Å². The summed E-state index contributed by atoms with van der Waals surface area (Å²) in [5.74, 6) is -1.83. The summed E-state index contributed by atoms with van der Waals surface area (Å²) in [5.41, 5.74) is -5.55. The fraction of sp³-hybridized carbons (Fsp3) is 0.154. The summed E-state index contributed by atoms with van der Waals surface area (Å²) in [6.45, 7) is 8.39. The second-order valence-corrected chi connectivity index (χ2v) is 5.60. The van der Waals surface area contributed by atoms with Gasteiger partial charge in [0, 0.05) is 17.3 Å². The molecule has 1 aromatic carbocycles. The minimum Gasteiger partial charge on any atom is -0.375 e. The lowest BCUT2D eigenvalue weighted by atomic mass is 10.1. The average Bonchev–Trinajstić information content (AvgIpc) is 2.34. The van der Waals surface area contributed by atoms with Crippen LogP contribution in [0, 0.1) is 5.82 Å². The molecule has 0 spiro atoms. The minimum atomic E-state index is -5.94. The van der Waals surface area contributed by atoms with E-state index < -0.39 is 27.2 Å². The van der Waals surface area contributed by atoms with Crippen LogP contribution in [0.1, 0.15) is 12.5 Å². The van der Waals surface area contributed by atoms with E-state index in [-0.39, 0.29) is 17.0 Å². The molecule has 0 aliphatic carbocycles. The van der Waals surface area contributed by atoms with Crippen LogP contribution >= 0.6 is 0 Å². The number of nitrogens with zero attached hydrogens (tertiary/aromatic N) is 1. The molecule has 1 aromatic rings. The molecule has 0 fully saturated rings. The van der Waals surface area contributed by atoms with Crippen LogP contribution in [-0.2, 0) is 10.1 Å². The van der Waals surface area contributed by atoms with E-state index in [0.29, 0.717) is 6.07 Å². The van der Waals surface area contributed by atoms with Gasteiger partial charge in [0.1, 0.15) is 5.82 Å². The fourth-order valence-electron chi connectivity index (χ4n) is 1.36. The van der Waals surface area contributed by atoms with Gasteiger partial charge in [-0.05, 0) is 25.1 Å². The van der Waals surface area contributed by atoms with Crippen molar-refractivity contribution in [2.75, 3.05) is 0 Å². The molecule has 22 heavy (non-hydrogen) atoms. The smallest absolute Gasteiger partial charge is 0.375 e. The molecule has 0 saturated heterocycles. The normalized spacial score (nSPS) is 12.9. The molecule has 120 valence electrons. The van der Waals surface area contributed by atoms with E-state index in [1.54, 1.807) is 0 Å². The zero-order valence-corrected chi connectivity index (χ0v) is 12.1. The fourth-order valence-corrected chi connectivity index (χ4v) is 1.83. The Kier molecular flexibility index (Phi) is 5.13.